The Labute approximate surface area is 170 Å². The molecule has 1 aromatic carbocycles. The van der Waals surface area contributed by atoms with E-state index in [1.165, 1.54) is 12.1 Å². The van der Waals surface area contributed by atoms with Gasteiger partial charge < -0.3 is 10.4 Å². The van der Waals surface area contributed by atoms with Gasteiger partial charge in [0.05, 0.1) is 17.7 Å². The molecule has 0 saturated carbocycles. The van der Waals surface area contributed by atoms with Gasteiger partial charge in [-0.05, 0) is 50.2 Å². The van der Waals surface area contributed by atoms with Crippen molar-refractivity contribution in [2.45, 2.75) is 70.8 Å². The van der Waals surface area contributed by atoms with E-state index in [1.807, 2.05) is 13.8 Å². The first-order chi connectivity index (χ1) is 13.3. The van der Waals surface area contributed by atoms with E-state index in [0.29, 0.717) is 12.8 Å². The smallest absolute Gasteiger partial charge is 0.390 e. The highest BCUT2D eigenvalue weighted by Gasteiger charge is 2.42. The zero-order chi connectivity index (χ0) is 22.2. The molecule has 0 aliphatic rings. The van der Waals surface area contributed by atoms with E-state index in [9.17, 15) is 23.1 Å². The van der Waals surface area contributed by atoms with Gasteiger partial charge >= 0.3 is 6.18 Å². The van der Waals surface area contributed by atoms with Crippen molar-refractivity contribution in [1.82, 2.24) is 10.6 Å². The number of rotatable bonds is 10. The zero-order valence-electron chi connectivity index (χ0n) is 17.3. The molecule has 0 heterocycles. The van der Waals surface area contributed by atoms with E-state index in [4.69, 9.17) is 5.26 Å². The Morgan fingerprint density at radius 1 is 1.21 bits per heavy atom. The van der Waals surface area contributed by atoms with Gasteiger partial charge in [-0.25, -0.2) is 0 Å². The summed E-state index contributed by atoms with van der Waals surface area (Å²) in [5.41, 5.74) is -0.0242. The van der Waals surface area contributed by atoms with Crippen molar-refractivity contribution in [3.8, 4) is 6.07 Å². The first-order valence-corrected chi connectivity index (χ1v) is 9.62. The second-order valence-electron chi connectivity index (χ2n) is 8.25. The molecule has 0 unspecified atom stereocenters. The number of hydrogen-bond donors (Lipinski definition) is 3. The van der Waals surface area contributed by atoms with E-state index in [-0.39, 0.29) is 24.4 Å². The molecule has 1 rings (SSSR count). The Kier molecular flexibility index (Phi) is 9.12. The second-order valence-corrected chi connectivity index (χ2v) is 8.25. The maximum atomic E-state index is 13.7. The van der Waals surface area contributed by atoms with Crippen LogP contribution in [0.4, 0.5) is 13.2 Å². The third kappa shape index (κ3) is 9.29. The highest BCUT2D eigenvalue weighted by molar-refractivity contribution is 5.82. The van der Waals surface area contributed by atoms with Crippen molar-refractivity contribution in [1.29, 1.82) is 5.26 Å². The average Bonchev–Trinajstić information content (AvgIpc) is 2.60. The first kappa shape index (κ1) is 24.9. The van der Waals surface area contributed by atoms with E-state index < -0.39 is 29.8 Å². The van der Waals surface area contributed by atoms with Gasteiger partial charge in [-0.15, -0.1) is 0 Å². The molecule has 0 aliphatic heterocycles. The number of hydrogen-bond acceptors (Lipinski definition) is 4. The number of amides is 1. The highest BCUT2D eigenvalue weighted by Crippen LogP contribution is 2.34. The standard InChI is InChI=1S/C21H30F3N3O2/c1-14(2)13-17(19(28)26-12-11-25)27-18(21(22,23)24)16-7-5-15(6-8-16)9-10-20(3,4)29/h5-8,14,17-18,27,29H,9-10,12-13H2,1-4H3,(H,26,28)/t17-,18-/m0/s1. The molecular formula is C21H30F3N3O2. The Hall–Kier alpha value is -2.11. The minimum atomic E-state index is -4.60. The minimum Gasteiger partial charge on any atom is -0.390 e. The second kappa shape index (κ2) is 10.6. The number of benzene rings is 1. The molecule has 2 atom stereocenters. The van der Waals surface area contributed by atoms with Crippen LogP contribution in [0.5, 0.6) is 0 Å². The van der Waals surface area contributed by atoms with Gasteiger partial charge in [0.25, 0.3) is 0 Å². The van der Waals surface area contributed by atoms with Gasteiger partial charge in [0.2, 0.25) is 5.91 Å². The Balaban J connectivity index is 3.03. The summed E-state index contributed by atoms with van der Waals surface area (Å²) in [7, 11) is 0. The number of halogens is 3. The summed E-state index contributed by atoms with van der Waals surface area (Å²) in [4.78, 5) is 12.2. The number of carbonyl (C=O) groups is 1. The number of nitrogens with zero attached hydrogens (tertiary/aromatic N) is 1. The van der Waals surface area contributed by atoms with Crippen LogP contribution in [0, 0.1) is 17.2 Å². The summed E-state index contributed by atoms with van der Waals surface area (Å²) in [6, 6.07) is 4.66. The Morgan fingerprint density at radius 3 is 2.24 bits per heavy atom. The zero-order valence-corrected chi connectivity index (χ0v) is 17.3. The molecule has 1 amide bonds. The largest absolute Gasteiger partial charge is 0.407 e. The van der Waals surface area contributed by atoms with Crippen LogP contribution in [-0.4, -0.2) is 35.4 Å². The number of carbonyl (C=O) groups excluding carboxylic acids is 1. The summed E-state index contributed by atoms with van der Waals surface area (Å²) in [5.74, 6) is -0.644. The van der Waals surface area contributed by atoms with Gasteiger partial charge in [0.15, 0.2) is 0 Å². The maximum absolute atomic E-state index is 13.7. The lowest BCUT2D eigenvalue weighted by atomic mass is 9.96. The molecule has 29 heavy (non-hydrogen) atoms. The molecule has 0 saturated heterocycles. The van der Waals surface area contributed by atoms with Crippen LogP contribution in [0.2, 0.25) is 0 Å². The van der Waals surface area contributed by atoms with Gasteiger partial charge in [-0.2, -0.15) is 18.4 Å². The lowest BCUT2D eigenvalue weighted by Crippen LogP contribution is -2.49. The first-order valence-electron chi connectivity index (χ1n) is 9.62. The summed E-state index contributed by atoms with van der Waals surface area (Å²) >= 11 is 0. The lowest BCUT2D eigenvalue weighted by Gasteiger charge is -2.28. The van der Waals surface area contributed by atoms with Crippen LogP contribution in [0.15, 0.2) is 24.3 Å². The fourth-order valence-electron chi connectivity index (χ4n) is 2.88. The minimum absolute atomic E-state index is 0.00588. The number of nitrogens with one attached hydrogen (secondary N) is 2. The highest BCUT2D eigenvalue weighted by atomic mass is 19.4. The molecule has 8 heteroatoms. The predicted octanol–water partition coefficient (Wildman–Crippen LogP) is 3.64. The van der Waals surface area contributed by atoms with Gasteiger partial charge in [-0.3, -0.25) is 10.1 Å². The molecular weight excluding hydrogens is 383 g/mol. The van der Waals surface area contributed by atoms with Crippen LogP contribution in [-0.2, 0) is 11.2 Å². The van der Waals surface area contributed by atoms with Crippen molar-refractivity contribution >= 4 is 5.91 Å². The molecule has 162 valence electrons. The SMILES string of the molecule is CC(C)C[C@H](N[C@@H](c1ccc(CCC(C)(C)O)cc1)C(F)(F)F)C(=O)NCC#N. The third-order valence-electron chi connectivity index (χ3n) is 4.40. The quantitative estimate of drug-likeness (QED) is 0.511. The number of nitriles is 1. The van der Waals surface area contributed by atoms with Crippen molar-refractivity contribution in [2.24, 2.45) is 5.92 Å². The van der Waals surface area contributed by atoms with Gasteiger partial charge in [0.1, 0.15) is 12.6 Å². The molecule has 0 spiro atoms. The van der Waals surface area contributed by atoms with E-state index in [0.717, 1.165) is 5.56 Å². The van der Waals surface area contributed by atoms with E-state index in [1.54, 1.807) is 32.0 Å². The summed E-state index contributed by atoms with van der Waals surface area (Å²) in [5, 5.41) is 23.2. The van der Waals surface area contributed by atoms with E-state index >= 15 is 0 Å². The molecule has 3 N–H and O–H groups in total. The van der Waals surface area contributed by atoms with Crippen molar-refractivity contribution in [3.63, 3.8) is 0 Å². The third-order valence-corrected chi connectivity index (χ3v) is 4.40. The number of aryl methyl sites for hydroxylation is 1. The molecule has 0 aromatic heterocycles. The maximum Gasteiger partial charge on any atom is 0.407 e. The molecule has 0 bridgehead atoms. The topological polar surface area (TPSA) is 85.2 Å². The van der Waals surface area contributed by atoms with Crippen LogP contribution >= 0.6 is 0 Å². The Bertz CT molecular complexity index is 689. The lowest BCUT2D eigenvalue weighted by molar-refractivity contribution is -0.161. The molecule has 5 nitrogen and oxygen atoms in total. The number of alkyl halides is 3. The van der Waals surface area contributed by atoms with Crippen LogP contribution < -0.4 is 10.6 Å². The van der Waals surface area contributed by atoms with Gasteiger partial charge in [0, 0.05) is 0 Å². The predicted molar refractivity (Wildman–Crippen MR) is 105 cm³/mol. The average molecular weight is 413 g/mol. The molecule has 0 fully saturated rings. The van der Waals surface area contributed by atoms with Gasteiger partial charge in [-0.1, -0.05) is 38.1 Å². The van der Waals surface area contributed by atoms with Crippen LogP contribution in [0.1, 0.15) is 57.7 Å². The number of aliphatic hydroxyl groups is 1. The fraction of sp³-hybridized carbons (Fsp3) is 0.619. The fourth-order valence-corrected chi connectivity index (χ4v) is 2.88. The van der Waals surface area contributed by atoms with E-state index in [2.05, 4.69) is 10.6 Å². The molecule has 0 radical (unpaired) electrons. The van der Waals surface area contributed by atoms with Crippen LogP contribution in [0.25, 0.3) is 0 Å². The normalized spacial score (nSPS) is 14.3. The summed E-state index contributed by atoms with van der Waals surface area (Å²) in [6.07, 6.45) is -3.36. The van der Waals surface area contributed by atoms with Crippen molar-refractivity contribution < 1.29 is 23.1 Å². The van der Waals surface area contributed by atoms with Crippen LogP contribution in [0.3, 0.4) is 0 Å². The van der Waals surface area contributed by atoms with Crippen molar-refractivity contribution in [2.75, 3.05) is 6.54 Å². The summed E-state index contributed by atoms with van der Waals surface area (Å²) < 4.78 is 41.2. The Morgan fingerprint density at radius 2 is 1.79 bits per heavy atom. The summed E-state index contributed by atoms with van der Waals surface area (Å²) in [6.45, 7) is 6.72. The molecule has 1 aromatic rings. The monoisotopic (exact) mass is 413 g/mol. The molecule has 0 aliphatic carbocycles. The van der Waals surface area contributed by atoms with Crippen molar-refractivity contribution in [3.05, 3.63) is 35.4 Å².